The number of hydrogen-bond acceptors (Lipinski definition) is 5. The van der Waals surface area contributed by atoms with E-state index in [9.17, 15) is 8.42 Å². The second-order valence-electron chi connectivity index (χ2n) is 7.47. The molecule has 1 aliphatic heterocycles. The lowest BCUT2D eigenvalue weighted by atomic mass is 10.2. The molecule has 0 N–H and O–H groups in total. The number of hydrogen-bond donors (Lipinski definition) is 0. The molecule has 0 amide bonds. The van der Waals surface area contributed by atoms with Crippen LogP contribution in [0.25, 0.3) is 22.6 Å². The Bertz CT molecular complexity index is 1280. The van der Waals surface area contributed by atoms with E-state index in [1.807, 2.05) is 30.3 Å². The van der Waals surface area contributed by atoms with Crippen LogP contribution in [0.15, 0.2) is 70.5 Å². The number of sulfonamides is 1. The summed E-state index contributed by atoms with van der Waals surface area (Å²) in [5.41, 5.74) is 3.51. The average Bonchev–Trinajstić information content (AvgIpc) is 3.52. The highest BCUT2D eigenvalue weighted by atomic mass is 32.2. The molecule has 1 unspecified atom stereocenters. The lowest BCUT2D eigenvalue weighted by Gasteiger charge is -2.18. The van der Waals surface area contributed by atoms with Gasteiger partial charge in [-0.2, -0.15) is 4.31 Å². The zero-order valence-electron chi connectivity index (χ0n) is 16.6. The Labute approximate surface area is 175 Å². The van der Waals surface area contributed by atoms with Crippen molar-refractivity contribution in [2.45, 2.75) is 30.7 Å². The molecular weight excluding hydrogens is 400 g/mol. The topological polar surface area (TPSA) is 81.2 Å². The molecule has 1 fully saturated rings. The van der Waals surface area contributed by atoms with Crippen LogP contribution in [0.4, 0.5) is 0 Å². The molecule has 0 radical (unpaired) electrons. The molecule has 1 atom stereocenters. The molecule has 1 saturated heterocycles. The first kappa shape index (κ1) is 19.0. The fourth-order valence-electron chi connectivity index (χ4n) is 4.06. The lowest BCUT2D eigenvalue weighted by molar-refractivity contribution is 0.455. The Hall–Kier alpha value is -2.97. The Kier molecular flexibility index (Phi) is 4.67. The van der Waals surface area contributed by atoms with Gasteiger partial charge in [-0.15, -0.1) is 0 Å². The van der Waals surface area contributed by atoms with Crippen LogP contribution in [-0.4, -0.2) is 40.3 Å². The molecule has 0 bridgehead atoms. The van der Waals surface area contributed by atoms with Gasteiger partial charge < -0.3 is 8.98 Å². The van der Waals surface area contributed by atoms with Crippen molar-refractivity contribution in [3.8, 4) is 11.4 Å². The zero-order valence-corrected chi connectivity index (χ0v) is 17.4. The van der Waals surface area contributed by atoms with Crippen molar-refractivity contribution in [3.05, 3.63) is 66.8 Å². The van der Waals surface area contributed by atoms with Crippen LogP contribution in [0, 0.1) is 0 Å². The van der Waals surface area contributed by atoms with Gasteiger partial charge in [0.15, 0.2) is 5.65 Å². The molecule has 0 saturated carbocycles. The van der Waals surface area contributed by atoms with Crippen LogP contribution < -0.4 is 0 Å². The molecule has 0 aliphatic carbocycles. The van der Waals surface area contributed by atoms with Gasteiger partial charge in [-0.1, -0.05) is 19.1 Å². The smallest absolute Gasteiger partial charge is 0.243 e. The molecule has 0 spiro atoms. The number of imidazole rings is 1. The van der Waals surface area contributed by atoms with Crippen LogP contribution in [0.1, 0.15) is 24.9 Å². The molecule has 4 heterocycles. The standard InChI is InChI=1S/C22H22N4O3S/c1-2-16-5-7-19(8-6-16)30(27,28)25-12-9-18(14-25)26-21(17-10-13-29-15-17)24-20-4-3-11-23-22(20)26/h3-8,10-11,13,15,18H,2,9,12,14H2,1H3. The first-order valence-electron chi connectivity index (χ1n) is 10.0. The van der Waals surface area contributed by atoms with Gasteiger partial charge in [0.2, 0.25) is 10.0 Å². The highest BCUT2D eigenvalue weighted by molar-refractivity contribution is 7.89. The summed E-state index contributed by atoms with van der Waals surface area (Å²) in [5.74, 6) is 0.744. The van der Waals surface area contributed by atoms with Gasteiger partial charge in [0.1, 0.15) is 17.6 Å². The Morgan fingerprint density at radius 1 is 1.17 bits per heavy atom. The van der Waals surface area contributed by atoms with E-state index < -0.39 is 10.0 Å². The zero-order chi connectivity index (χ0) is 20.7. The molecule has 1 aliphatic rings. The van der Waals surface area contributed by atoms with Crippen LogP contribution >= 0.6 is 0 Å². The highest BCUT2D eigenvalue weighted by Gasteiger charge is 2.35. The van der Waals surface area contributed by atoms with Crippen molar-refractivity contribution in [1.29, 1.82) is 0 Å². The predicted octanol–water partition coefficient (Wildman–Crippen LogP) is 3.89. The summed E-state index contributed by atoms with van der Waals surface area (Å²) in [6, 6.07) is 12.7. The van der Waals surface area contributed by atoms with E-state index in [2.05, 4.69) is 16.5 Å². The van der Waals surface area contributed by atoms with Crippen LogP contribution in [-0.2, 0) is 16.4 Å². The van der Waals surface area contributed by atoms with E-state index in [1.165, 1.54) is 0 Å². The summed E-state index contributed by atoms with van der Waals surface area (Å²) < 4.78 is 35.3. The molecule has 4 aromatic rings. The van der Waals surface area contributed by atoms with Gasteiger partial charge in [0.25, 0.3) is 0 Å². The van der Waals surface area contributed by atoms with Crippen molar-refractivity contribution >= 4 is 21.2 Å². The number of pyridine rings is 1. The molecule has 7 nitrogen and oxygen atoms in total. The fourth-order valence-corrected chi connectivity index (χ4v) is 5.55. The van der Waals surface area contributed by atoms with Crippen molar-refractivity contribution in [2.24, 2.45) is 0 Å². The van der Waals surface area contributed by atoms with Gasteiger partial charge in [-0.25, -0.2) is 18.4 Å². The molecule has 154 valence electrons. The van der Waals surface area contributed by atoms with Crippen LogP contribution in [0.2, 0.25) is 0 Å². The normalized spacial score (nSPS) is 17.7. The van der Waals surface area contributed by atoms with E-state index in [-0.39, 0.29) is 6.04 Å². The number of rotatable bonds is 5. The second-order valence-corrected chi connectivity index (χ2v) is 9.40. The van der Waals surface area contributed by atoms with E-state index in [1.54, 1.807) is 35.2 Å². The Morgan fingerprint density at radius 2 is 2.00 bits per heavy atom. The van der Waals surface area contributed by atoms with Gasteiger partial charge in [0.05, 0.1) is 22.8 Å². The third-order valence-electron chi connectivity index (χ3n) is 5.69. The number of fused-ring (bicyclic) bond motifs is 1. The number of furan rings is 1. The summed E-state index contributed by atoms with van der Waals surface area (Å²) in [7, 11) is -3.55. The molecule has 1 aromatic carbocycles. The van der Waals surface area contributed by atoms with E-state index in [0.29, 0.717) is 24.4 Å². The second kappa shape index (κ2) is 7.37. The van der Waals surface area contributed by atoms with E-state index in [4.69, 9.17) is 9.40 Å². The van der Waals surface area contributed by atoms with Crippen molar-refractivity contribution in [2.75, 3.05) is 13.1 Å². The first-order valence-corrected chi connectivity index (χ1v) is 11.5. The minimum Gasteiger partial charge on any atom is -0.472 e. The summed E-state index contributed by atoms with van der Waals surface area (Å²) in [6.45, 7) is 2.89. The maximum absolute atomic E-state index is 13.2. The summed E-state index contributed by atoms with van der Waals surface area (Å²) in [5, 5.41) is 0. The average molecular weight is 423 g/mol. The molecule has 3 aromatic heterocycles. The summed E-state index contributed by atoms with van der Waals surface area (Å²) in [4.78, 5) is 9.60. The molecule has 8 heteroatoms. The Morgan fingerprint density at radius 3 is 2.73 bits per heavy atom. The highest BCUT2D eigenvalue weighted by Crippen LogP contribution is 2.34. The van der Waals surface area contributed by atoms with Gasteiger partial charge in [0, 0.05) is 19.3 Å². The van der Waals surface area contributed by atoms with Gasteiger partial charge in [-0.05, 0) is 48.7 Å². The minimum atomic E-state index is -3.55. The largest absolute Gasteiger partial charge is 0.472 e. The maximum Gasteiger partial charge on any atom is 0.243 e. The molecule has 5 rings (SSSR count). The third kappa shape index (κ3) is 3.12. The van der Waals surface area contributed by atoms with Crippen molar-refractivity contribution in [1.82, 2.24) is 18.8 Å². The Balaban J connectivity index is 1.50. The third-order valence-corrected chi connectivity index (χ3v) is 7.57. The first-order chi connectivity index (χ1) is 14.6. The molecule has 30 heavy (non-hydrogen) atoms. The lowest BCUT2D eigenvalue weighted by Crippen LogP contribution is -2.29. The van der Waals surface area contributed by atoms with E-state index in [0.717, 1.165) is 34.5 Å². The van der Waals surface area contributed by atoms with E-state index >= 15 is 0 Å². The predicted molar refractivity (Wildman–Crippen MR) is 113 cm³/mol. The number of aryl methyl sites for hydroxylation is 1. The summed E-state index contributed by atoms with van der Waals surface area (Å²) in [6.07, 6.45) is 6.56. The number of aromatic nitrogens is 3. The van der Waals surface area contributed by atoms with Crippen LogP contribution in [0.5, 0.6) is 0 Å². The molecular formula is C22H22N4O3S. The van der Waals surface area contributed by atoms with Crippen LogP contribution in [0.3, 0.4) is 0 Å². The maximum atomic E-state index is 13.2. The van der Waals surface area contributed by atoms with Crippen molar-refractivity contribution < 1.29 is 12.8 Å². The van der Waals surface area contributed by atoms with Crippen molar-refractivity contribution in [3.63, 3.8) is 0 Å². The number of benzene rings is 1. The quantitative estimate of drug-likeness (QED) is 0.487. The SMILES string of the molecule is CCc1ccc(S(=O)(=O)N2CCC(n3c(-c4ccoc4)nc4cccnc43)C2)cc1. The fraction of sp³-hybridized carbons (Fsp3) is 0.273. The van der Waals surface area contributed by atoms with Gasteiger partial charge >= 0.3 is 0 Å². The monoisotopic (exact) mass is 422 g/mol. The minimum absolute atomic E-state index is 0.0560. The van der Waals surface area contributed by atoms with Gasteiger partial charge in [-0.3, -0.25) is 0 Å². The number of nitrogens with zero attached hydrogens (tertiary/aromatic N) is 4. The summed E-state index contributed by atoms with van der Waals surface area (Å²) >= 11 is 0.